The Kier molecular flexibility index (Phi) is 7.63. The van der Waals surface area contributed by atoms with Crippen LogP contribution < -0.4 is 18.9 Å². The monoisotopic (exact) mass is 462 g/mol. The van der Waals surface area contributed by atoms with Crippen LogP contribution in [0.1, 0.15) is 37.6 Å². The smallest absolute Gasteiger partial charge is 0.254 e. The van der Waals surface area contributed by atoms with E-state index in [4.69, 9.17) is 14.2 Å². The summed E-state index contributed by atoms with van der Waals surface area (Å²) in [5.41, 5.74) is 0.264. The normalized spacial score (nSPS) is 15.5. The van der Waals surface area contributed by atoms with Crippen LogP contribution in [0.4, 0.5) is 0 Å². The molecular weight excluding hydrogens is 432 g/mol. The van der Waals surface area contributed by atoms with E-state index >= 15 is 0 Å². The van der Waals surface area contributed by atoms with E-state index in [0.29, 0.717) is 31.2 Å². The van der Waals surface area contributed by atoms with Gasteiger partial charge in [0.05, 0.1) is 13.7 Å². The molecule has 2 aromatic rings. The number of nitrogens with one attached hydrogen (secondary N) is 1. The molecule has 3 rings (SSSR count). The third-order valence-corrected chi connectivity index (χ3v) is 6.54. The van der Waals surface area contributed by atoms with E-state index in [1.54, 1.807) is 24.8 Å². The molecule has 1 aliphatic heterocycles. The number of carbonyl (C=O) groups is 1. The number of rotatable bonds is 9. The predicted molar refractivity (Wildman–Crippen MR) is 121 cm³/mol. The van der Waals surface area contributed by atoms with Crippen LogP contribution in [0, 0.1) is 0 Å². The summed E-state index contributed by atoms with van der Waals surface area (Å²) in [6.07, 6.45) is 0.413. The SMILES string of the molecule is CCCN(C[C@H]1COc2ccccc2O1)C(=O)c1ccc(OC)c(S(=O)(=O)NC(C)C)c1. The van der Waals surface area contributed by atoms with Crippen molar-refractivity contribution in [3.8, 4) is 17.2 Å². The van der Waals surface area contributed by atoms with Gasteiger partial charge in [-0.2, -0.15) is 0 Å². The number of para-hydroxylation sites is 2. The second-order valence-electron chi connectivity index (χ2n) is 7.89. The highest BCUT2D eigenvalue weighted by molar-refractivity contribution is 7.89. The predicted octanol–water partition coefficient (Wildman–Crippen LogP) is 3.07. The lowest BCUT2D eigenvalue weighted by molar-refractivity contribution is 0.0462. The van der Waals surface area contributed by atoms with E-state index in [1.165, 1.54) is 19.2 Å². The Morgan fingerprint density at radius 3 is 2.59 bits per heavy atom. The minimum absolute atomic E-state index is 0.0674. The van der Waals surface area contributed by atoms with Crippen LogP contribution in [0.15, 0.2) is 47.4 Å². The van der Waals surface area contributed by atoms with Gasteiger partial charge in [-0.15, -0.1) is 0 Å². The first-order chi connectivity index (χ1) is 15.2. The second kappa shape index (κ2) is 10.2. The minimum atomic E-state index is -3.85. The molecule has 9 heteroatoms. The highest BCUT2D eigenvalue weighted by Crippen LogP contribution is 2.31. The van der Waals surface area contributed by atoms with Crippen molar-refractivity contribution < 1.29 is 27.4 Å². The van der Waals surface area contributed by atoms with Gasteiger partial charge in [0.25, 0.3) is 5.91 Å². The van der Waals surface area contributed by atoms with Crippen LogP contribution in [0.25, 0.3) is 0 Å². The van der Waals surface area contributed by atoms with Gasteiger partial charge in [-0.05, 0) is 50.6 Å². The first-order valence-corrected chi connectivity index (χ1v) is 12.1. The van der Waals surface area contributed by atoms with Crippen LogP contribution in [-0.2, 0) is 10.0 Å². The first kappa shape index (κ1) is 23.9. The van der Waals surface area contributed by atoms with Gasteiger partial charge in [-0.25, -0.2) is 13.1 Å². The lowest BCUT2D eigenvalue weighted by Gasteiger charge is -2.31. The molecule has 0 fully saturated rings. The molecule has 8 nitrogen and oxygen atoms in total. The number of sulfonamides is 1. The zero-order valence-corrected chi connectivity index (χ0v) is 19.6. The van der Waals surface area contributed by atoms with Crippen molar-refractivity contribution in [1.82, 2.24) is 9.62 Å². The Labute approximate surface area is 189 Å². The van der Waals surface area contributed by atoms with Crippen molar-refractivity contribution in [2.24, 2.45) is 0 Å². The van der Waals surface area contributed by atoms with Gasteiger partial charge in [0.2, 0.25) is 10.0 Å². The molecule has 0 saturated carbocycles. The molecule has 1 aliphatic rings. The molecule has 0 radical (unpaired) electrons. The zero-order valence-electron chi connectivity index (χ0n) is 18.8. The summed E-state index contributed by atoms with van der Waals surface area (Å²) in [5.74, 6) is 1.22. The molecule has 174 valence electrons. The summed E-state index contributed by atoms with van der Waals surface area (Å²) in [6, 6.07) is 11.5. The van der Waals surface area contributed by atoms with Gasteiger partial charge in [0.1, 0.15) is 17.3 Å². The lowest BCUT2D eigenvalue weighted by atomic mass is 10.1. The second-order valence-corrected chi connectivity index (χ2v) is 9.57. The summed E-state index contributed by atoms with van der Waals surface area (Å²) in [6.45, 7) is 6.58. The Hall–Kier alpha value is -2.78. The Morgan fingerprint density at radius 2 is 1.94 bits per heavy atom. The summed E-state index contributed by atoms with van der Waals surface area (Å²) in [4.78, 5) is 14.9. The van der Waals surface area contributed by atoms with Crippen molar-refractivity contribution in [2.45, 2.75) is 44.2 Å². The average molecular weight is 463 g/mol. The summed E-state index contributed by atoms with van der Waals surface area (Å²) in [5, 5.41) is 0. The molecular formula is C23H30N2O6S. The summed E-state index contributed by atoms with van der Waals surface area (Å²) in [7, 11) is -2.45. The van der Waals surface area contributed by atoms with Crippen molar-refractivity contribution in [3.05, 3.63) is 48.0 Å². The molecule has 1 heterocycles. The minimum Gasteiger partial charge on any atom is -0.495 e. The molecule has 1 N–H and O–H groups in total. The fourth-order valence-electron chi connectivity index (χ4n) is 3.52. The largest absolute Gasteiger partial charge is 0.495 e. The number of benzene rings is 2. The highest BCUT2D eigenvalue weighted by atomic mass is 32.2. The van der Waals surface area contributed by atoms with Crippen molar-refractivity contribution >= 4 is 15.9 Å². The van der Waals surface area contributed by atoms with Gasteiger partial charge >= 0.3 is 0 Å². The number of amides is 1. The summed E-state index contributed by atoms with van der Waals surface area (Å²) < 4.78 is 45.1. The van der Waals surface area contributed by atoms with Crippen LogP contribution in [0.3, 0.4) is 0 Å². The Morgan fingerprint density at radius 1 is 1.22 bits per heavy atom. The molecule has 32 heavy (non-hydrogen) atoms. The van der Waals surface area contributed by atoms with Crippen molar-refractivity contribution in [1.29, 1.82) is 0 Å². The maximum atomic E-state index is 13.3. The number of carbonyl (C=O) groups excluding carboxylic acids is 1. The number of hydrogen-bond acceptors (Lipinski definition) is 6. The average Bonchev–Trinajstić information content (AvgIpc) is 2.77. The third-order valence-electron chi connectivity index (χ3n) is 4.86. The van der Waals surface area contributed by atoms with Gasteiger partial charge < -0.3 is 19.1 Å². The molecule has 0 spiro atoms. The van der Waals surface area contributed by atoms with Crippen LogP contribution in [-0.4, -0.2) is 58.2 Å². The summed E-state index contributed by atoms with van der Waals surface area (Å²) >= 11 is 0. The molecule has 0 aliphatic carbocycles. The van der Waals surface area contributed by atoms with Gasteiger partial charge in [-0.1, -0.05) is 19.1 Å². The lowest BCUT2D eigenvalue weighted by Crippen LogP contribution is -2.44. The zero-order chi connectivity index (χ0) is 23.3. The third kappa shape index (κ3) is 5.52. The number of hydrogen-bond donors (Lipinski definition) is 1. The first-order valence-electron chi connectivity index (χ1n) is 10.6. The van der Waals surface area contributed by atoms with E-state index < -0.39 is 10.0 Å². The van der Waals surface area contributed by atoms with E-state index in [9.17, 15) is 13.2 Å². The molecule has 2 aromatic carbocycles. The quantitative estimate of drug-likeness (QED) is 0.616. The highest BCUT2D eigenvalue weighted by Gasteiger charge is 2.28. The molecule has 1 amide bonds. The van der Waals surface area contributed by atoms with E-state index in [1.807, 2.05) is 31.2 Å². The molecule has 0 saturated heterocycles. The molecule has 0 bridgehead atoms. The fourth-order valence-corrected chi connectivity index (χ4v) is 4.97. The Bertz CT molecular complexity index is 1050. The topological polar surface area (TPSA) is 94.2 Å². The standard InChI is InChI=1S/C23H30N2O6S/c1-5-12-25(14-18-15-30-19-8-6-7-9-20(19)31-18)23(26)17-10-11-21(29-4)22(13-17)32(27,28)24-16(2)3/h6-11,13,16,18,24H,5,12,14-15H2,1-4H3/t18-/m0/s1. The van der Waals surface area contributed by atoms with Gasteiger partial charge in [0, 0.05) is 18.2 Å². The number of nitrogens with zero attached hydrogens (tertiary/aromatic N) is 1. The van der Waals surface area contributed by atoms with E-state index in [0.717, 1.165) is 6.42 Å². The van der Waals surface area contributed by atoms with Gasteiger partial charge in [-0.3, -0.25) is 4.79 Å². The molecule has 0 aromatic heterocycles. The van der Waals surface area contributed by atoms with E-state index in [-0.39, 0.29) is 34.3 Å². The van der Waals surface area contributed by atoms with Crippen molar-refractivity contribution in [2.75, 3.05) is 26.8 Å². The number of fused-ring (bicyclic) bond motifs is 1. The maximum absolute atomic E-state index is 13.3. The molecule has 1 atom stereocenters. The van der Waals surface area contributed by atoms with Crippen LogP contribution in [0.5, 0.6) is 17.2 Å². The van der Waals surface area contributed by atoms with Crippen LogP contribution in [0.2, 0.25) is 0 Å². The number of methoxy groups -OCH3 is 1. The maximum Gasteiger partial charge on any atom is 0.254 e. The van der Waals surface area contributed by atoms with Crippen LogP contribution >= 0.6 is 0 Å². The van der Waals surface area contributed by atoms with Gasteiger partial charge in [0.15, 0.2) is 17.6 Å². The fraction of sp³-hybridized carbons (Fsp3) is 0.435. The molecule has 0 unspecified atom stereocenters. The Balaban J connectivity index is 1.84. The number of ether oxygens (including phenoxy) is 3. The van der Waals surface area contributed by atoms with Crippen molar-refractivity contribution in [3.63, 3.8) is 0 Å². The van der Waals surface area contributed by atoms with E-state index in [2.05, 4.69) is 4.72 Å².